The Kier molecular flexibility index (Phi) is 4.68. The SMILES string of the molecule is COC(=O)c1cn2c(cc1=O)-c1cc3c(cc1CC2C(C)(C)C)OCC(C)CO3. The van der Waals surface area contributed by atoms with E-state index < -0.39 is 5.97 Å². The van der Waals surface area contributed by atoms with E-state index in [1.54, 1.807) is 6.20 Å². The van der Waals surface area contributed by atoms with Crippen LogP contribution in [0.2, 0.25) is 0 Å². The Morgan fingerprint density at radius 1 is 1.14 bits per heavy atom. The summed E-state index contributed by atoms with van der Waals surface area (Å²) in [5.74, 6) is 1.14. The summed E-state index contributed by atoms with van der Waals surface area (Å²) < 4.78 is 18.8. The zero-order chi connectivity index (χ0) is 20.9. The fourth-order valence-electron chi connectivity index (χ4n) is 4.06. The molecule has 0 N–H and O–H groups in total. The van der Waals surface area contributed by atoms with Crippen molar-refractivity contribution in [2.24, 2.45) is 11.3 Å². The van der Waals surface area contributed by atoms with Crippen LogP contribution in [0.15, 0.2) is 29.2 Å². The first-order chi connectivity index (χ1) is 13.7. The van der Waals surface area contributed by atoms with Crippen LogP contribution in [-0.4, -0.2) is 30.9 Å². The van der Waals surface area contributed by atoms with Gasteiger partial charge in [-0.25, -0.2) is 4.79 Å². The largest absolute Gasteiger partial charge is 0.489 e. The lowest BCUT2D eigenvalue weighted by Crippen LogP contribution is -2.33. The first-order valence-corrected chi connectivity index (χ1v) is 9.96. The van der Waals surface area contributed by atoms with Crippen LogP contribution >= 0.6 is 0 Å². The van der Waals surface area contributed by atoms with Gasteiger partial charge < -0.3 is 18.8 Å². The van der Waals surface area contributed by atoms with E-state index in [9.17, 15) is 9.59 Å². The maximum absolute atomic E-state index is 12.7. The number of carbonyl (C=O) groups is 1. The summed E-state index contributed by atoms with van der Waals surface area (Å²) in [7, 11) is 1.29. The number of ether oxygens (including phenoxy) is 3. The van der Waals surface area contributed by atoms with Gasteiger partial charge in [-0.15, -0.1) is 0 Å². The molecule has 29 heavy (non-hydrogen) atoms. The highest BCUT2D eigenvalue weighted by molar-refractivity contribution is 5.89. The Hall–Kier alpha value is -2.76. The molecule has 0 spiro atoms. The summed E-state index contributed by atoms with van der Waals surface area (Å²) >= 11 is 0. The van der Waals surface area contributed by atoms with Gasteiger partial charge in [0.2, 0.25) is 0 Å². The standard InChI is InChI=1S/C23H27NO5/c1-13-11-28-19-6-14-7-21(23(2,3)4)24-10-16(22(26)27-5)18(25)9-17(24)15(14)8-20(19)29-12-13/h6,8-10,13,21H,7,11-12H2,1-5H3. The van der Waals surface area contributed by atoms with E-state index in [0.717, 1.165) is 29.0 Å². The highest BCUT2D eigenvalue weighted by Crippen LogP contribution is 2.46. The van der Waals surface area contributed by atoms with Crippen molar-refractivity contribution in [2.75, 3.05) is 20.3 Å². The minimum atomic E-state index is -0.614. The molecule has 2 aromatic rings. The number of hydrogen-bond donors (Lipinski definition) is 0. The number of hydrogen-bond acceptors (Lipinski definition) is 5. The van der Waals surface area contributed by atoms with Crippen LogP contribution in [0.3, 0.4) is 0 Å². The molecule has 3 heterocycles. The fourth-order valence-corrected chi connectivity index (χ4v) is 4.06. The summed E-state index contributed by atoms with van der Waals surface area (Å²) in [5, 5.41) is 0. The van der Waals surface area contributed by atoms with Gasteiger partial charge in [0.05, 0.1) is 26.0 Å². The van der Waals surface area contributed by atoms with E-state index in [1.165, 1.54) is 13.2 Å². The van der Waals surface area contributed by atoms with E-state index >= 15 is 0 Å². The molecule has 4 rings (SSSR count). The molecule has 2 unspecified atom stereocenters. The molecule has 0 amide bonds. The molecule has 1 aromatic carbocycles. The number of nitrogens with zero attached hydrogens (tertiary/aromatic N) is 1. The van der Waals surface area contributed by atoms with Crippen LogP contribution in [0, 0.1) is 11.3 Å². The Balaban J connectivity index is 1.93. The summed E-state index contributed by atoms with van der Waals surface area (Å²) in [6, 6.07) is 5.61. The molecular formula is C23H27NO5. The summed E-state index contributed by atoms with van der Waals surface area (Å²) in [5.41, 5.74) is 2.46. The van der Waals surface area contributed by atoms with E-state index in [-0.39, 0.29) is 22.4 Å². The highest BCUT2D eigenvalue weighted by atomic mass is 16.5. The summed E-state index contributed by atoms with van der Waals surface area (Å²) in [4.78, 5) is 24.8. The van der Waals surface area contributed by atoms with E-state index in [1.807, 2.05) is 16.7 Å². The summed E-state index contributed by atoms with van der Waals surface area (Å²) in [6.07, 6.45) is 2.41. The fraction of sp³-hybridized carbons (Fsp3) is 0.478. The molecule has 2 atom stereocenters. The van der Waals surface area contributed by atoms with E-state index in [0.29, 0.717) is 24.9 Å². The van der Waals surface area contributed by atoms with Crippen LogP contribution in [-0.2, 0) is 11.2 Å². The zero-order valence-corrected chi connectivity index (χ0v) is 17.6. The van der Waals surface area contributed by atoms with Crippen molar-refractivity contribution >= 4 is 5.97 Å². The molecule has 6 nitrogen and oxygen atoms in total. The topological polar surface area (TPSA) is 66.8 Å². The zero-order valence-electron chi connectivity index (χ0n) is 17.6. The number of esters is 1. The second-order valence-electron chi connectivity index (χ2n) is 9.10. The minimum Gasteiger partial charge on any atom is -0.489 e. The van der Waals surface area contributed by atoms with Crippen molar-refractivity contribution in [2.45, 2.75) is 40.2 Å². The third-order valence-electron chi connectivity index (χ3n) is 5.73. The number of fused-ring (bicyclic) bond motifs is 4. The number of pyridine rings is 1. The Morgan fingerprint density at radius 2 is 1.79 bits per heavy atom. The van der Waals surface area contributed by atoms with Crippen molar-refractivity contribution in [1.82, 2.24) is 4.57 Å². The van der Waals surface area contributed by atoms with Gasteiger partial charge in [-0.2, -0.15) is 0 Å². The average Bonchev–Trinajstić information content (AvgIpc) is 2.85. The smallest absolute Gasteiger partial charge is 0.343 e. The number of benzene rings is 1. The molecule has 2 aliphatic heterocycles. The van der Waals surface area contributed by atoms with Gasteiger partial charge in [0.1, 0.15) is 5.56 Å². The molecule has 2 aliphatic rings. The maximum atomic E-state index is 12.7. The minimum absolute atomic E-state index is 0.0529. The Bertz CT molecular complexity index is 1030. The third kappa shape index (κ3) is 3.41. The first kappa shape index (κ1) is 19.6. The number of carbonyl (C=O) groups excluding carboxylic acids is 1. The molecule has 0 saturated carbocycles. The quantitative estimate of drug-likeness (QED) is 0.684. The van der Waals surface area contributed by atoms with Crippen LogP contribution in [0.1, 0.15) is 49.7 Å². The molecule has 6 heteroatoms. The lowest BCUT2D eigenvalue weighted by atomic mass is 9.78. The molecule has 0 aliphatic carbocycles. The van der Waals surface area contributed by atoms with Gasteiger partial charge >= 0.3 is 5.97 Å². The van der Waals surface area contributed by atoms with Crippen LogP contribution in [0.4, 0.5) is 0 Å². The van der Waals surface area contributed by atoms with Gasteiger partial charge in [0.15, 0.2) is 16.9 Å². The maximum Gasteiger partial charge on any atom is 0.343 e. The molecule has 0 bridgehead atoms. The summed E-state index contributed by atoms with van der Waals surface area (Å²) in [6.45, 7) is 9.77. The molecule has 0 saturated heterocycles. The van der Waals surface area contributed by atoms with Crippen LogP contribution in [0.25, 0.3) is 11.3 Å². The Morgan fingerprint density at radius 3 is 2.41 bits per heavy atom. The number of rotatable bonds is 1. The Labute approximate surface area is 170 Å². The second-order valence-corrected chi connectivity index (χ2v) is 9.10. The molecular weight excluding hydrogens is 370 g/mol. The predicted molar refractivity (Wildman–Crippen MR) is 110 cm³/mol. The molecule has 0 fully saturated rings. The lowest BCUT2D eigenvalue weighted by molar-refractivity contribution is 0.0597. The van der Waals surface area contributed by atoms with Crippen LogP contribution in [0.5, 0.6) is 11.5 Å². The lowest BCUT2D eigenvalue weighted by Gasteiger charge is -2.39. The average molecular weight is 397 g/mol. The van der Waals surface area contributed by atoms with Gasteiger partial charge in [-0.05, 0) is 29.5 Å². The van der Waals surface area contributed by atoms with Gasteiger partial charge in [0, 0.05) is 29.8 Å². The molecule has 1 aromatic heterocycles. The highest BCUT2D eigenvalue weighted by Gasteiger charge is 2.34. The first-order valence-electron chi connectivity index (χ1n) is 9.96. The predicted octanol–water partition coefficient (Wildman–Crippen LogP) is 3.85. The number of methoxy groups -OCH3 is 1. The van der Waals surface area contributed by atoms with Crippen molar-refractivity contribution in [3.8, 4) is 22.8 Å². The van der Waals surface area contributed by atoms with E-state index in [4.69, 9.17) is 14.2 Å². The normalized spacial score (nSPS) is 20.3. The van der Waals surface area contributed by atoms with Gasteiger partial charge in [0.25, 0.3) is 0 Å². The van der Waals surface area contributed by atoms with Gasteiger partial charge in [-0.1, -0.05) is 27.7 Å². The molecule has 154 valence electrons. The third-order valence-corrected chi connectivity index (χ3v) is 5.73. The van der Waals surface area contributed by atoms with Crippen LogP contribution < -0.4 is 14.9 Å². The molecule has 0 radical (unpaired) electrons. The van der Waals surface area contributed by atoms with Crippen molar-refractivity contribution in [3.05, 3.63) is 45.7 Å². The van der Waals surface area contributed by atoms with Crippen molar-refractivity contribution in [1.29, 1.82) is 0 Å². The van der Waals surface area contributed by atoms with Gasteiger partial charge in [-0.3, -0.25) is 4.79 Å². The van der Waals surface area contributed by atoms with Crippen molar-refractivity contribution < 1.29 is 19.0 Å². The monoisotopic (exact) mass is 397 g/mol. The van der Waals surface area contributed by atoms with Crippen molar-refractivity contribution in [3.63, 3.8) is 0 Å². The number of aromatic nitrogens is 1. The second kappa shape index (κ2) is 6.94. The van der Waals surface area contributed by atoms with E-state index in [2.05, 4.69) is 27.7 Å².